The van der Waals surface area contributed by atoms with E-state index in [1.807, 2.05) is 18.2 Å². The van der Waals surface area contributed by atoms with Crippen molar-refractivity contribution in [2.45, 2.75) is 58.3 Å². The minimum absolute atomic E-state index is 0.0245. The molecule has 0 atom stereocenters. The number of unbranched alkanes of at least 4 members (excludes halogenated alkanes) is 2. The SMILES string of the molecule is CCCc1c(OCCCC/C=C/c2ccc(C(=O)c3cccc(C(=O)O)c3)cc2CCC(=O)O)ccc2c1OCCC2=O. The summed E-state index contributed by atoms with van der Waals surface area (Å²) < 4.78 is 11.9. The summed E-state index contributed by atoms with van der Waals surface area (Å²) in [6.45, 7) is 3.01. The lowest BCUT2D eigenvalue weighted by Crippen LogP contribution is -2.17. The summed E-state index contributed by atoms with van der Waals surface area (Å²) >= 11 is 0. The summed E-state index contributed by atoms with van der Waals surface area (Å²) in [5.41, 5.74) is 3.82. The summed E-state index contributed by atoms with van der Waals surface area (Å²) in [6, 6.07) is 14.7. The Labute approximate surface area is 251 Å². The van der Waals surface area contributed by atoms with Crippen LogP contribution in [0, 0.1) is 0 Å². The van der Waals surface area contributed by atoms with Crippen LogP contribution in [0.3, 0.4) is 0 Å². The summed E-state index contributed by atoms with van der Waals surface area (Å²) in [4.78, 5) is 47.9. The lowest BCUT2D eigenvalue weighted by atomic mass is 9.95. The van der Waals surface area contributed by atoms with Gasteiger partial charge in [0, 0.05) is 29.5 Å². The number of aromatic carboxylic acids is 1. The number of carboxylic acids is 2. The standard InChI is InChI=1S/C35H36O8/c1-2-8-29-31(16-15-28-30(36)18-20-43-34(28)29)42-19-6-4-3-5-9-23-12-13-26(21-24(23)14-17-32(37)38)33(39)25-10-7-11-27(22-25)35(40)41/h5,7,9-13,15-16,21-22H,2-4,6,8,14,17-20H2,1H3,(H,37,38)(H,40,41)/b9-5+. The van der Waals surface area contributed by atoms with E-state index in [0.717, 1.165) is 54.5 Å². The average Bonchev–Trinajstić information content (AvgIpc) is 3.00. The van der Waals surface area contributed by atoms with Crippen LogP contribution in [-0.4, -0.2) is 46.9 Å². The zero-order valence-corrected chi connectivity index (χ0v) is 24.3. The Hall–Kier alpha value is -4.72. The quantitative estimate of drug-likeness (QED) is 0.147. The minimum atomic E-state index is -1.11. The van der Waals surface area contributed by atoms with E-state index in [9.17, 15) is 29.4 Å². The molecule has 8 heteroatoms. The lowest BCUT2D eigenvalue weighted by molar-refractivity contribution is -0.136. The molecule has 0 unspecified atom stereocenters. The first-order valence-corrected chi connectivity index (χ1v) is 14.6. The van der Waals surface area contributed by atoms with Crippen LogP contribution in [-0.2, 0) is 17.6 Å². The molecule has 0 aromatic heterocycles. The number of hydrogen-bond acceptors (Lipinski definition) is 6. The fourth-order valence-corrected chi connectivity index (χ4v) is 5.08. The van der Waals surface area contributed by atoms with Gasteiger partial charge in [0.2, 0.25) is 0 Å². The molecule has 0 saturated heterocycles. The Bertz CT molecular complexity index is 1530. The largest absolute Gasteiger partial charge is 0.493 e. The number of fused-ring (bicyclic) bond motifs is 1. The van der Waals surface area contributed by atoms with Crippen molar-refractivity contribution in [3.8, 4) is 11.5 Å². The van der Waals surface area contributed by atoms with Crippen molar-refractivity contribution in [2.75, 3.05) is 13.2 Å². The maximum Gasteiger partial charge on any atom is 0.335 e. The maximum atomic E-state index is 13.1. The highest BCUT2D eigenvalue weighted by molar-refractivity contribution is 6.10. The van der Waals surface area contributed by atoms with Crippen LogP contribution in [0.4, 0.5) is 0 Å². The molecule has 2 N–H and O–H groups in total. The molecule has 3 aromatic carbocycles. The van der Waals surface area contributed by atoms with E-state index in [2.05, 4.69) is 6.92 Å². The number of Topliss-reactive ketones (excluding diaryl/α,β-unsaturated/α-hetero) is 1. The number of hydrogen-bond donors (Lipinski definition) is 2. The minimum Gasteiger partial charge on any atom is -0.493 e. The van der Waals surface area contributed by atoms with Gasteiger partial charge in [-0.15, -0.1) is 0 Å². The van der Waals surface area contributed by atoms with Crippen molar-refractivity contribution in [3.63, 3.8) is 0 Å². The van der Waals surface area contributed by atoms with Crippen molar-refractivity contribution in [1.29, 1.82) is 0 Å². The molecule has 8 nitrogen and oxygen atoms in total. The highest BCUT2D eigenvalue weighted by Gasteiger charge is 2.23. The summed E-state index contributed by atoms with van der Waals surface area (Å²) in [5.74, 6) is -0.836. The molecule has 4 rings (SSSR count). The third kappa shape index (κ3) is 8.19. The Morgan fingerprint density at radius 3 is 2.51 bits per heavy atom. The second kappa shape index (κ2) is 15.0. The Balaban J connectivity index is 1.36. The van der Waals surface area contributed by atoms with E-state index in [-0.39, 0.29) is 35.5 Å². The number of rotatable bonds is 15. The molecular formula is C35H36O8. The van der Waals surface area contributed by atoms with Gasteiger partial charge < -0.3 is 19.7 Å². The number of aliphatic carboxylic acids is 1. The van der Waals surface area contributed by atoms with Crippen LogP contribution in [0.5, 0.6) is 11.5 Å². The first kappa shape index (κ1) is 31.2. The number of allylic oxidation sites excluding steroid dienone is 1. The molecule has 1 heterocycles. The first-order valence-electron chi connectivity index (χ1n) is 14.6. The van der Waals surface area contributed by atoms with E-state index >= 15 is 0 Å². The highest BCUT2D eigenvalue weighted by atomic mass is 16.5. The lowest BCUT2D eigenvalue weighted by Gasteiger charge is -2.22. The van der Waals surface area contributed by atoms with E-state index in [1.165, 1.54) is 18.2 Å². The van der Waals surface area contributed by atoms with Crippen molar-refractivity contribution in [2.24, 2.45) is 0 Å². The van der Waals surface area contributed by atoms with Crippen molar-refractivity contribution >= 4 is 29.6 Å². The zero-order valence-electron chi connectivity index (χ0n) is 24.3. The van der Waals surface area contributed by atoms with Crippen LogP contribution in [0.15, 0.2) is 60.7 Å². The first-order chi connectivity index (χ1) is 20.8. The van der Waals surface area contributed by atoms with E-state index < -0.39 is 11.9 Å². The number of ether oxygens (including phenoxy) is 2. The molecule has 0 bridgehead atoms. The van der Waals surface area contributed by atoms with Crippen LogP contribution in [0.25, 0.3) is 6.08 Å². The Morgan fingerprint density at radius 2 is 1.74 bits per heavy atom. The Kier molecular flexibility index (Phi) is 10.9. The molecule has 224 valence electrons. The summed E-state index contributed by atoms with van der Waals surface area (Å²) in [6.07, 6.45) is 8.72. The molecular weight excluding hydrogens is 548 g/mol. The monoisotopic (exact) mass is 584 g/mol. The predicted molar refractivity (Wildman–Crippen MR) is 162 cm³/mol. The van der Waals surface area contributed by atoms with E-state index in [1.54, 1.807) is 30.3 Å². The van der Waals surface area contributed by atoms with Gasteiger partial charge in [-0.05, 0) is 73.6 Å². The molecule has 43 heavy (non-hydrogen) atoms. The van der Waals surface area contributed by atoms with Crippen molar-refractivity contribution in [1.82, 2.24) is 0 Å². The molecule has 1 aliphatic rings. The van der Waals surface area contributed by atoms with Crippen LogP contribution < -0.4 is 9.47 Å². The number of carbonyl (C=O) groups excluding carboxylic acids is 2. The van der Waals surface area contributed by atoms with Crippen LogP contribution in [0.1, 0.15) is 98.8 Å². The second-order valence-electron chi connectivity index (χ2n) is 10.5. The number of carboxylic acid groups (broad SMARTS) is 2. The van der Waals surface area contributed by atoms with Gasteiger partial charge in [-0.3, -0.25) is 14.4 Å². The average molecular weight is 585 g/mol. The van der Waals surface area contributed by atoms with Gasteiger partial charge in [-0.1, -0.05) is 49.8 Å². The van der Waals surface area contributed by atoms with Crippen LogP contribution in [0.2, 0.25) is 0 Å². The van der Waals surface area contributed by atoms with E-state index in [4.69, 9.17) is 9.47 Å². The van der Waals surface area contributed by atoms with Gasteiger partial charge in [0.05, 0.1) is 24.3 Å². The van der Waals surface area contributed by atoms with Gasteiger partial charge in [0.25, 0.3) is 0 Å². The topological polar surface area (TPSA) is 127 Å². The molecule has 0 amide bonds. The number of benzene rings is 3. The van der Waals surface area contributed by atoms with Gasteiger partial charge in [-0.25, -0.2) is 4.79 Å². The number of carbonyl (C=O) groups is 4. The van der Waals surface area contributed by atoms with Crippen molar-refractivity contribution in [3.05, 3.63) is 99.6 Å². The number of ketones is 2. The molecule has 0 aliphatic carbocycles. The molecule has 0 fully saturated rings. The van der Waals surface area contributed by atoms with Gasteiger partial charge in [0.15, 0.2) is 11.6 Å². The predicted octanol–water partition coefficient (Wildman–Crippen LogP) is 6.81. The molecule has 0 saturated carbocycles. The third-order valence-corrected chi connectivity index (χ3v) is 7.30. The molecule has 1 aliphatic heterocycles. The number of aryl methyl sites for hydroxylation is 1. The van der Waals surface area contributed by atoms with Crippen molar-refractivity contribution < 1.29 is 38.9 Å². The second-order valence-corrected chi connectivity index (χ2v) is 10.5. The summed E-state index contributed by atoms with van der Waals surface area (Å²) in [7, 11) is 0. The molecule has 3 aromatic rings. The van der Waals surface area contributed by atoms with E-state index in [0.29, 0.717) is 36.5 Å². The molecule has 0 radical (unpaired) electrons. The fourth-order valence-electron chi connectivity index (χ4n) is 5.08. The smallest absolute Gasteiger partial charge is 0.335 e. The summed E-state index contributed by atoms with van der Waals surface area (Å²) in [5, 5.41) is 18.5. The zero-order chi connectivity index (χ0) is 30.8. The van der Waals surface area contributed by atoms with Crippen LogP contribution >= 0.6 is 0 Å². The molecule has 0 spiro atoms. The van der Waals surface area contributed by atoms with Gasteiger partial charge >= 0.3 is 11.9 Å². The highest BCUT2D eigenvalue weighted by Crippen LogP contribution is 2.36. The van der Waals surface area contributed by atoms with Gasteiger partial charge in [-0.2, -0.15) is 0 Å². The third-order valence-electron chi connectivity index (χ3n) is 7.30. The maximum absolute atomic E-state index is 13.1. The Morgan fingerprint density at radius 1 is 0.953 bits per heavy atom. The fraction of sp³-hybridized carbons (Fsp3) is 0.314. The van der Waals surface area contributed by atoms with Gasteiger partial charge in [0.1, 0.15) is 11.5 Å². The normalized spacial score (nSPS) is 12.5.